The number of amides is 1. The van der Waals surface area contributed by atoms with Crippen LogP contribution in [0, 0.1) is 6.92 Å². The van der Waals surface area contributed by atoms with Crippen LogP contribution in [0.15, 0.2) is 30.3 Å². The van der Waals surface area contributed by atoms with Gasteiger partial charge in [-0.05, 0) is 36.8 Å². The van der Waals surface area contributed by atoms with Gasteiger partial charge in [-0.1, -0.05) is 29.3 Å². The summed E-state index contributed by atoms with van der Waals surface area (Å²) < 4.78 is 0. The molecule has 0 atom stereocenters. The molecule has 2 rings (SSSR count). The molecule has 3 N–H and O–H groups in total. The molecule has 2 aromatic rings. The van der Waals surface area contributed by atoms with Crippen LogP contribution in [0.2, 0.25) is 10.0 Å². The van der Waals surface area contributed by atoms with E-state index in [1.54, 1.807) is 30.3 Å². The van der Waals surface area contributed by atoms with E-state index < -0.39 is 5.91 Å². The lowest BCUT2D eigenvalue weighted by atomic mass is 10.2. The Morgan fingerprint density at radius 1 is 1.26 bits per heavy atom. The van der Waals surface area contributed by atoms with Crippen molar-refractivity contribution in [2.45, 2.75) is 6.92 Å². The van der Waals surface area contributed by atoms with Gasteiger partial charge in [0.05, 0.1) is 10.7 Å². The Kier molecular flexibility index (Phi) is 3.93. The first kappa shape index (κ1) is 13.6. The van der Waals surface area contributed by atoms with Crippen molar-refractivity contribution in [2.24, 2.45) is 0 Å². The second-order valence-corrected chi connectivity index (χ2v) is 4.80. The molecule has 98 valence electrons. The zero-order valence-corrected chi connectivity index (χ0v) is 11.6. The van der Waals surface area contributed by atoms with E-state index in [0.29, 0.717) is 15.7 Å². The Morgan fingerprint density at radius 2 is 2.00 bits per heavy atom. The van der Waals surface area contributed by atoms with Crippen molar-refractivity contribution in [1.82, 2.24) is 4.98 Å². The number of pyridine rings is 1. The first-order valence-corrected chi connectivity index (χ1v) is 6.22. The summed E-state index contributed by atoms with van der Waals surface area (Å²) in [5.74, 6) is -0.116. The van der Waals surface area contributed by atoms with Crippen molar-refractivity contribution in [1.29, 1.82) is 0 Å². The summed E-state index contributed by atoms with van der Waals surface area (Å²) in [5.41, 5.74) is 7.02. The SMILES string of the molecule is Cc1cc(Cl)c(NC(=O)c2cccc(N)n2)cc1Cl. The van der Waals surface area contributed by atoms with Gasteiger partial charge in [-0.2, -0.15) is 0 Å². The standard InChI is InChI=1S/C13H11Cl2N3O/c1-7-5-9(15)11(6-8(7)14)18-13(19)10-3-2-4-12(16)17-10/h2-6H,1H3,(H2,16,17)(H,18,19). The van der Waals surface area contributed by atoms with Crippen molar-refractivity contribution < 1.29 is 4.79 Å². The average molecular weight is 296 g/mol. The number of hydrogen-bond donors (Lipinski definition) is 2. The molecule has 0 aliphatic rings. The van der Waals surface area contributed by atoms with Crippen LogP contribution in [0.5, 0.6) is 0 Å². The minimum Gasteiger partial charge on any atom is -0.384 e. The van der Waals surface area contributed by atoms with Crippen molar-refractivity contribution in [2.75, 3.05) is 11.1 Å². The van der Waals surface area contributed by atoms with E-state index in [-0.39, 0.29) is 11.5 Å². The molecule has 0 saturated heterocycles. The van der Waals surface area contributed by atoms with Crippen LogP contribution < -0.4 is 11.1 Å². The molecule has 19 heavy (non-hydrogen) atoms. The molecular weight excluding hydrogens is 285 g/mol. The van der Waals surface area contributed by atoms with Gasteiger partial charge in [0.25, 0.3) is 5.91 Å². The van der Waals surface area contributed by atoms with E-state index in [4.69, 9.17) is 28.9 Å². The van der Waals surface area contributed by atoms with Gasteiger partial charge >= 0.3 is 0 Å². The molecule has 0 aliphatic heterocycles. The fourth-order valence-corrected chi connectivity index (χ4v) is 1.94. The number of hydrogen-bond acceptors (Lipinski definition) is 3. The fraction of sp³-hybridized carbons (Fsp3) is 0.0769. The summed E-state index contributed by atoms with van der Waals surface area (Å²) in [5, 5.41) is 3.59. The molecule has 0 bridgehead atoms. The van der Waals surface area contributed by atoms with Gasteiger partial charge in [0.1, 0.15) is 11.5 Å². The zero-order chi connectivity index (χ0) is 14.0. The molecule has 0 aliphatic carbocycles. The Hall–Kier alpha value is -1.78. The van der Waals surface area contributed by atoms with Crippen LogP contribution in [0.25, 0.3) is 0 Å². The number of carbonyl (C=O) groups excluding carboxylic acids is 1. The first-order chi connectivity index (χ1) is 8.97. The summed E-state index contributed by atoms with van der Waals surface area (Å²) in [6, 6.07) is 8.11. The van der Waals surface area contributed by atoms with E-state index in [2.05, 4.69) is 10.3 Å². The highest BCUT2D eigenvalue weighted by Gasteiger charge is 2.11. The van der Waals surface area contributed by atoms with Gasteiger partial charge in [0, 0.05) is 5.02 Å². The zero-order valence-electron chi connectivity index (χ0n) is 10.1. The molecule has 0 spiro atoms. The molecule has 0 unspecified atom stereocenters. The molecule has 1 amide bonds. The minimum absolute atomic E-state index is 0.216. The van der Waals surface area contributed by atoms with E-state index in [1.807, 2.05) is 6.92 Å². The summed E-state index contributed by atoms with van der Waals surface area (Å²) in [4.78, 5) is 15.9. The highest BCUT2D eigenvalue weighted by molar-refractivity contribution is 6.36. The third kappa shape index (κ3) is 3.16. The number of aryl methyl sites for hydroxylation is 1. The normalized spacial score (nSPS) is 10.3. The van der Waals surface area contributed by atoms with Crippen molar-refractivity contribution >= 4 is 40.6 Å². The summed E-state index contributed by atoms with van der Waals surface area (Å²) in [6.45, 7) is 1.83. The lowest BCUT2D eigenvalue weighted by Gasteiger charge is -2.09. The summed E-state index contributed by atoms with van der Waals surface area (Å²) >= 11 is 12.0. The lowest BCUT2D eigenvalue weighted by Crippen LogP contribution is -2.14. The molecule has 1 heterocycles. The largest absolute Gasteiger partial charge is 0.384 e. The van der Waals surface area contributed by atoms with Crippen LogP contribution in [0.1, 0.15) is 16.1 Å². The third-order valence-corrected chi connectivity index (χ3v) is 3.22. The number of nitrogens with zero attached hydrogens (tertiary/aromatic N) is 1. The van der Waals surface area contributed by atoms with Crippen LogP contribution in [0.3, 0.4) is 0 Å². The Labute approximate surface area is 120 Å². The van der Waals surface area contributed by atoms with Gasteiger partial charge < -0.3 is 11.1 Å². The van der Waals surface area contributed by atoms with Crippen LogP contribution in [-0.4, -0.2) is 10.9 Å². The van der Waals surface area contributed by atoms with Crippen molar-refractivity contribution in [3.8, 4) is 0 Å². The first-order valence-electron chi connectivity index (χ1n) is 5.47. The molecule has 0 fully saturated rings. The number of nitrogens with two attached hydrogens (primary N) is 1. The van der Waals surface area contributed by atoms with E-state index >= 15 is 0 Å². The third-order valence-electron chi connectivity index (χ3n) is 2.50. The molecule has 4 nitrogen and oxygen atoms in total. The molecule has 6 heteroatoms. The molecule has 1 aromatic heterocycles. The minimum atomic E-state index is -0.394. The highest BCUT2D eigenvalue weighted by Crippen LogP contribution is 2.29. The predicted molar refractivity (Wildman–Crippen MR) is 77.8 cm³/mol. The van der Waals surface area contributed by atoms with Crippen LogP contribution in [-0.2, 0) is 0 Å². The number of anilines is 2. The van der Waals surface area contributed by atoms with Gasteiger partial charge in [-0.15, -0.1) is 0 Å². The number of carbonyl (C=O) groups is 1. The summed E-state index contributed by atoms with van der Waals surface area (Å²) in [7, 11) is 0. The second-order valence-electron chi connectivity index (χ2n) is 3.98. The Morgan fingerprint density at radius 3 is 2.68 bits per heavy atom. The smallest absolute Gasteiger partial charge is 0.274 e. The maximum absolute atomic E-state index is 12.0. The van der Waals surface area contributed by atoms with Crippen LogP contribution >= 0.6 is 23.2 Å². The lowest BCUT2D eigenvalue weighted by molar-refractivity contribution is 0.102. The maximum Gasteiger partial charge on any atom is 0.274 e. The number of benzene rings is 1. The molecule has 0 saturated carbocycles. The van der Waals surface area contributed by atoms with Crippen molar-refractivity contribution in [3.63, 3.8) is 0 Å². The van der Waals surface area contributed by atoms with Gasteiger partial charge in [0.15, 0.2) is 0 Å². The second kappa shape index (κ2) is 5.47. The number of nitrogen functional groups attached to an aromatic ring is 1. The number of halogens is 2. The average Bonchev–Trinajstić information content (AvgIpc) is 2.36. The van der Waals surface area contributed by atoms with E-state index in [0.717, 1.165) is 5.56 Å². The maximum atomic E-state index is 12.0. The summed E-state index contributed by atoms with van der Waals surface area (Å²) in [6.07, 6.45) is 0. The Bertz CT molecular complexity index is 644. The highest BCUT2D eigenvalue weighted by atomic mass is 35.5. The monoisotopic (exact) mass is 295 g/mol. The fourth-order valence-electron chi connectivity index (χ4n) is 1.51. The van der Waals surface area contributed by atoms with Gasteiger partial charge in [0.2, 0.25) is 0 Å². The quantitative estimate of drug-likeness (QED) is 0.890. The Balaban J connectivity index is 2.27. The molecule has 1 aromatic carbocycles. The predicted octanol–water partition coefficient (Wildman–Crippen LogP) is 3.53. The molecule has 0 radical (unpaired) electrons. The van der Waals surface area contributed by atoms with Gasteiger partial charge in [-0.25, -0.2) is 4.98 Å². The topological polar surface area (TPSA) is 68.0 Å². The molecular formula is C13H11Cl2N3O. The number of nitrogens with one attached hydrogen (secondary N) is 1. The van der Waals surface area contributed by atoms with Gasteiger partial charge in [-0.3, -0.25) is 4.79 Å². The number of rotatable bonds is 2. The van der Waals surface area contributed by atoms with E-state index in [9.17, 15) is 4.79 Å². The van der Waals surface area contributed by atoms with E-state index in [1.165, 1.54) is 0 Å². The number of aromatic nitrogens is 1. The van der Waals surface area contributed by atoms with Crippen molar-refractivity contribution in [3.05, 3.63) is 51.6 Å². The van der Waals surface area contributed by atoms with Crippen LogP contribution in [0.4, 0.5) is 11.5 Å².